The molecule has 4 heteroatoms. The number of ether oxygens (including phenoxy) is 2. The van der Waals surface area contributed by atoms with Crippen LogP contribution in [0.3, 0.4) is 0 Å². The van der Waals surface area contributed by atoms with Crippen molar-refractivity contribution in [3.63, 3.8) is 0 Å². The maximum atomic E-state index is 5.63. The average molecular weight is 362 g/mol. The summed E-state index contributed by atoms with van der Waals surface area (Å²) in [6, 6.07) is 24.8. The topological polar surface area (TPSA) is 47.7 Å². The van der Waals surface area contributed by atoms with Gasteiger partial charge in [0, 0.05) is 17.1 Å². The van der Waals surface area contributed by atoms with E-state index in [1.54, 1.807) is 14.2 Å². The predicted octanol–water partition coefficient (Wildman–Crippen LogP) is 5.06. The maximum absolute atomic E-state index is 5.63. The Kier molecular flexibility index (Phi) is 6.34. The quantitative estimate of drug-likeness (QED) is 0.608. The van der Waals surface area contributed by atoms with E-state index in [2.05, 4.69) is 53.4 Å². The van der Waals surface area contributed by atoms with Crippen molar-refractivity contribution < 1.29 is 9.47 Å². The van der Waals surface area contributed by atoms with Crippen molar-refractivity contribution in [3.8, 4) is 11.5 Å². The number of anilines is 3. The third kappa shape index (κ3) is 4.60. The van der Waals surface area contributed by atoms with Gasteiger partial charge in [0.25, 0.3) is 0 Å². The number of rotatable bonds is 8. The fourth-order valence-corrected chi connectivity index (χ4v) is 3.03. The van der Waals surface area contributed by atoms with Crippen LogP contribution in [0.15, 0.2) is 72.8 Å². The van der Waals surface area contributed by atoms with Crippen LogP contribution in [0.4, 0.5) is 17.1 Å². The van der Waals surface area contributed by atoms with E-state index in [4.69, 9.17) is 15.2 Å². The van der Waals surface area contributed by atoms with Crippen molar-refractivity contribution in [2.24, 2.45) is 5.73 Å². The highest BCUT2D eigenvalue weighted by molar-refractivity contribution is 5.77. The fraction of sp³-hybridized carbons (Fsp3) is 0.217. The molecule has 0 atom stereocenters. The molecule has 0 unspecified atom stereocenters. The lowest BCUT2D eigenvalue weighted by atomic mass is 10.1. The van der Waals surface area contributed by atoms with Gasteiger partial charge in [-0.1, -0.05) is 12.1 Å². The summed E-state index contributed by atoms with van der Waals surface area (Å²) in [5.74, 6) is 1.68. The molecule has 0 aromatic heterocycles. The second-order valence-corrected chi connectivity index (χ2v) is 6.29. The molecule has 0 bridgehead atoms. The molecule has 140 valence electrons. The highest BCUT2D eigenvalue weighted by atomic mass is 16.5. The lowest BCUT2D eigenvalue weighted by molar-refractivity contribution is 0.415. The van der Waals surface area contributed by atoms with Gasteiger partial charge in [-0.25, -0.2) is 0 Å². The van der Waals surface area contributed by atoms with Crippen molar-refractivity contribution in [1.29, 1.82) is 0 Å². The molecule has 4 nitrogen and oxygen atoms in total. The van der Waals surface area contributed by atoms with Crippen LogP contribution >= 0.6 is 0 Å². The molecule has 0 saturated carbocycles. The van der Waals surface area contributed by atoms with E-state index in [0.717, 1.165) is 41.4 Å². The first-order valence-electron chi connectivity index (χ1n) is 9.12. The lowest BCUT2D eigenvalue weighted by Crippen LogP contribution is -2.10. The fourth-order valence-electron chi connectivity index (χ4n) is 3.03. The minimum Gasteiger partial charge on any atom is -0.497 e. The molecule has 0 aliphatic heterocycles. The van der Waals surface area contributed by atoms with Crippen LogP contribution in [0.2, 0.25) is 0 Å². The van der Waals surface area contributed by atoms with Gasteiger partial charge in [-0.2, -0.15) is 0 Å². The minimum atomic E-state index is 0.714. The predicted molar refractivity (Wildman–Crippen MR) is 112 cm³/mol. The lowest BCUT2D eigenvalue weighted by Gasteiger charge is -2.26. The molecule has 3 rings (SSSR count). The van der Waals surface area contributed by atoms with Crippen LogP contribution < -0.4 is 20.1 Å². The summed E-state index contributed by atoms with van der Waals surface area (Å²) in [6.45, 7) is 0.714. The molecule has 3 aromatic carbocycles. The third-order valence-electron chi connectivity index (χ3n) is 4.53. The summed E-state index contributed by atoms with van der Waals surface area (Å²) < 4.78 is 10.6. The first-order chi connectivity index (χ1) is 13.2. The van der Waals surface area contributed by atoms with Gasteiger partial charge < -0.3 is 20.1 Å². The van der Waals surface area contributed by atoms with E-state index in [0.29, 0.717) is 6.54 Å². The van der Waals surface area contributed by atoms with Gasteiger partial charge in [0.15, 0.2) is 0 Å². The zero-order chi connectivity index (χ0) is 19.1. The highest BCUT2D eigenvalue weighted by Crippen LogP contribution is 2.36. The molecule has 2 N–H and O–H groups in total. The number of nitrogens with two attached hydrogens (primary N) is 1. The number of hydrogen-bond acceptors (Lipinski definition) is 4. The van der Waals surface area contributed by atoms with Gasteiger partial charge in [0.1, 0.15) is 11.5 Å². The third-order valence-corrected chi connectivity index (χ3v) is 4.53. The van der Waals surface area contributed by atoms with Gasteiger partial charge in [-0.05, 0) is 85.6 Å². The van der Waals surface area contributed by atoms with E-state index in [1.165, 1.54) is 5.56 Å². The summed E-state index contributed by atoms with van der Waals surface area (Å²) >= 11 is 0. The standard InChI is InChI=1S/C23H26N2O2/c1-26-22-13-9-20(10-14-22)25(21-11-15-23(27-2)16-12-21)19-7-5-18(6-8-19)4-3-17-24/h5-16H,3-4,17,24H2,1-2H3. The van der Waals surface area contributed by atoms with Crippen molar-refractivity contribution in [2.45, 2.75) is 12.8 Å². The minimum absolute atomic E-state index is 0.714. The first-order valence-corrected chi connectivity index (χ1v) is 9.12. The molecule has 0 amide bonds. The van der Waals surface area contributed by atoms with Gasteiger partial charge in [-0.3, -0.25) is 0 Å². The van der Waals surface area contributed by atoms with Crippen molar-refractivity contribution in [3.05, 3.63) is 78.4 Å². The summed E-state index contributed by atoms with van der Waals surface area (Å²) in [7, 11) is 3.35. The summed E-state index contributed by atoms with van der Waals surface area (Å²) in [4.78, 5) is 2.21. The Morgan fingerprint density at radius 1 is 0.667 bits per heavy atom. The Bertz CT molecular complexity index is 780. The molecular weight excluding hydrogens is 336 g/mol. The zero-order valence-electron chi connectivity index (χ0n) is 15.9. The number of methoxy groups -OCH3 is 2. The van der Waals surface area contributed by atoms with Crippen LogP contribution in [0, 0.1) is 0 Å². The van der Waals surface area contributed by atoms with Crippen molar-refractivity contribution in [2.75, 3.05) is 25.7 Å². The van der Waals surface area contributed by atoms with Crippen LogP contribution in [-0.2, 0) is 6.42 Å². The van der Waals surface area contributed by atoms with Crippen LogP contribution in [0.1, 0.15) is 12.0 Å². The molecule has 27 heavy (non-hydrogen) atoms. The highest BCUT2D eigenvalue weighted by Gasteiger charge is 2.13. The van der Waals surface area contributed by atoms with Gasteiger partial charge in [0.2, 0.25) is 0 Å². The Morgan fingerprint density at radius 3 is 1.44 bits per heavy atom. The molecule has 0 aliphatic rings. The monoisotopic (exact) mass is 362 g/mol. The van der Waals surface area contributed by atoms with Crippen LogP contribution in [-0.4, -0.2) is 20.8 Å². The van der Waals surface area contributed by atoms with E-state index in [1.807, 2.05) is 24.3 Å². The number of nitrogens with zero attached hydrogens (tertiary/aromatic N) is 1. The van der Waals surface area contributed by atoms with Crippen LogP contribution in [0.25, 0.3) is 0 Å². The number of aryl methyl sites for hydroxylation is 1. The number of hydrogen-bond donors (Lipinski definition) is 1. The second kappa shape index (κ2) is 9.10. The zero-order valence-corrected chi connectivity index (χ0v) is 15.9. The molecule has 0 aliphatic carbocycles. The summed E-state index contributed by atoms with van der Waals surface area (Å²) in [6.07, 6.45) is 2.00. The Morgan fingerprint density at radius 2 is 1.07 bits per heavy atom. The van der Waals surface area contributed by atoms with Crippen molar-refractivity contribution in [1.82, 2.24) is 0 Å². The van der Waals surface area contributed by atoms with E-state index in [-0.39, 0.29) is 0 Å². The van der Waals surface area contributed by atoms with Gasteiger partial charge >= 0.3 is 0 Å². The van der Waals surface area contributed by atoms with Gasteiger partial charge in [-0.15, -0.1) is 0 Å². The first kappa shape index (κ1) is 18.8. The van der Waals surface area contributed by atoms with E-state index < -0.39 is 0 Å². The molecule has 0 spiro atoms. The average Bonchev–Trinajstić information content (AvgIpc) is 2.74. The number of benzene rings is 3. The molecule has 0 radical (unpaired) electrons. The molecule has 0 heterocycles. The SMILES string of the molecule is COc1ccc(N(c2ccc(CCCN)cc2)c2ccc(OC)cc2)cc1. The summed E-state index contributed by atoms with van der Waals surface area (Å²) in [5.41, 5.74) is 10.2. The van der Waals surface area contributed by atoms with Gasteiger partial charge in [0.05, 0.1) is 14.2 Å². The van der Waals surface area contributed by atoms with Crippen LogP contribution in [0.5, 0.6) is 11.5 Å². The largest absolute Gasteiger partial charge is 0.497 e. The molecule has 0 fully saturated rings. The van der Waals surface area contributed by atoms with Crippen molar-refractivity contribution >= 4 is 17.1 Å². The normalized spacial score (nSPS) is 10.5. The van der Waals surface area contributed by atoms with E-state index >= 15 is 0 Å². The molecular formula is C23H26N2O2. The Balaban J connectivity index is 1.97. The Hall–Kier alpha value is -2.98. The second-order valence-electron chi connectivity index (χ2n) is 6.29. The molecule has 0 saturated heterocycles. The summed E-state index contributed by atoms with van der Waals surface area (Å²) in [5, 5.41) is 0. The van der Waals surface area contributed by atoms with E-state index in [9.17, 15) is 0 Å². The molecule has 3 aromatic rings. The smallest absolute Gasteiger partial charge is 0.119 e. The maximum Gasteiger partial charge on any atom is 0.119 e. The Labute approximate surface area is 161 Å².